The topological polar surface area (TPSA) is 79.0 Å². The molecule has 0 radical (unpaired) electrons. The predicted octanol–water partition coefficient (Wildman–Crippen LogP) is 9.28. The van der Waals surface area contributed by atoms with E-state index >= 15 is 0 Å². The molecule has 0 atom stereocenters. The highest BCUT2D eigenvalue weighted by Gasteiger charge is 2.31. The first kappa shape index (κ1) is 29.0. The summed E-state index contributed by atoms with van der Waals surface area (Å²) in [6.07, 6.45) is 0. The van der Waals surface area contributed by atoms with E-state index in [1.54, 1.807) is 24.3 Å². The van der Waals surface area contributed by atoms with Gasteiger partial charge in [0.1, 0.15) is 11.3 Å². The van der Waals surface area contributed by atoms with Crippen LogP contribution in [0.2, 0.25) is 0 Å². The van der Waals surface area contributed by atoms with Crippen molar-refractivity contribution >= 4 is 34.4 Å². The maximum atomic E-state index is 13.8. The first-order valence-electron chi connectivity index (χ1n) is 12.3. The minimum atomic E-state index is -2.37. The maximum absolute atomic E-state index is 13.8. The molecule has 0 N–H and O–H groups in total. The molecule has 4 aromatic rings. The van der Waals surface area contributed by atoms with Crippen molar-refractivity contribution in [2.75, 3.05) is 18.0 Å². The van der Waals surface area contributed by atoms with E-state index in [1.165, 1.54) is 24.3 Å². The maximum Gasteiger partial charge on any atom is 0.349 e. The van der Waals surface area contributed by atoms with E-state index in [9.17, 15) is 26.7 Å². The van der Waals surface area contributed by atoms with Crippen LogP contribution in [0.1, 0.15) is 24.2 Å². The Balaban J connectivity index is 1.36. The zero-order chi connectivity index (χ0) is 29.5. The summed E-state index contributed by atoms with van der Waals surface area (Å²) in [5, 5.41) is 16.6. The van der Waals surface area contributed by atoms with Gasteiger partial charge in [-0.2, -0.15) is 20.5 Å². The summed E-state index contributed by atoms with van der Waals surface area (Å²) >= 11 is 0. The van der Waals surface area contributed by atoms with Gasteiger partial charge in [-0.15, -0.1) is 0 Å². The van der Waals surface area contributed by atoms with Gasteiger partial charge in [0.2, 0.25) is 5.82 Å². The first-order valence-corrected chi connectivity index (χ1v) is 12.3. The standard InChI is InChI=1S/C29H22F5N5O2/c1-3-39(4-2)21-13-9-19(10-14-21)37-35-17-5-7-18(8-6-17)36-38-20-11-15-22(16-12-20)41-29(40)23-24(30)26(32)28(34)27(33)25(23)31/h5-16H,3-4H2,1-2H3. The van der Waals surface area contributed by atoms with Crippen LogP contribution in [-0.2, 0) is 0 Å². The van der Waals surface area contributed by atoms with E-state index in [-0.39, 0.29) is 5.75 Å². The number of benzene rings is 4. The Morgan fingerprint density at radius 3 is 1.32 bits per heavy atom. The van der Waals surface area contributed by atoms with E-state index in [0.29, 0.717) is 22.7 Å². The fourth-order valence-electron chi connectivity index (χ4n) is 3.66. The van der Waals surface area contributed by atoms with Crippen LogP contribution >= 0.6 is 0 Å². The van der Waals surface area contributed by atoms with Crippen molar-refractivity contribution < 1.29 is 31.5 Å². The monoisotopic (exact) mass is 567 g/mol. The fraction of sp³-hybridized carbons (Fsp3) is 0.138. The minimum absolute atomic E-state index is 0.213. The van der Waals surface area contributed by atoms with Crippen molar-refractivity contribution in [2.24, 2.45) is 20.5 Å². The Morgan fingerprint density at radius 2 is 0.927 bits per heavy atom. The number of ether oxygens (including phenoxy) is 1. The average Bonchev–Trinajstić information content (AvgIpc) is 2.99. The Bertz CT molecular complexity index is 1560. The lowest BCUT2D eigenvalue weighted by Gasteiger charge is -2.20. The van der Waals surface area contributed by atoms with Gasteiger partial charge in [0.25, 0.3) is 0 Å². The van der Waals surface area contributed by atoms with Crippen LogP contribution in [0, 0.1) is 29.1 Å². The van der Waals surface area contributed by atoms with Gasteiger partial charge >= 0.3 is 5.97 Å². The van der Waals surface area contributed by atoms with Crippen LogP contribution in [0.15, 0.2) is 93.3 Å². The van der Waals surface area contributed by atoms with Crippen LogP contribution in [0.25, 0.3) is 0 Å². The number of anilines is 1. The lowest BCUT2D eigenvalue weighted by atomic mass is 10.1. The Labute approximate surface area is 231 Å². The van der Waals surface area contributed by atoms with Gasteiger partial charge in [-0.1, -0.05) is 0 Å². The molecule has 0 saturated heterocycles. The first-order chi connectivity index (χ1) is 19.7. The normalized spacial score (nSPS) is 11.4. The third-order valence-corrected chi connectivity index (χ3v) is 5.85. The van der Waals surface area contributed by atoms with Gasteiger partial charge in [-0.3, -0.25) is 0 Å². The third kappa shape index (κ3) is 6.78. The van der Waals surface area contributed by atoms with E-state index in [4.69, 9.17) is 4.74 Å². The quantitative estimate of drug-likeness (QED) is 0.0505. The second-order valence-corrected chi connectivity index (χ2v) is 8.43. The molecule has 210 valence electrons. The number of hydrogen-bond donors (Lipinski definition) is 0. The molecule has 0 aliphatic carbocycles. The number of nitrogens with zero attached hydrogens (tertiary/aromatic N) is 5. The molecule has 0 aliphatic heterocycles. The second-order valence-electron chi connectivity index (χ2n) is 8.43. The molecular formula is C29H22F5N5O2. The summed E-state index contributed by atoms with van der Waals surface area (Å²) in [5.74, 6) is -13.4. The smallest absolute Gasteiger partial charge is 0.349 e. The molecular weight excluding hydrogens is 545 g/mol. The molecule has 0 aromatic heterocycles. The van der Waals surface area contributed by atoms with Crippen molar-refractivity contribution in [1.82, 2.24) is 0 Å². The molecule has 0 unspecified atom stereocenters. The van der Waals surface area contributed by atoms with Gasteiger partial charge in [-0.25, -0.2) is 26.7 Å². The number of hydrogen-bond acceptors (Lipinski definition) is 7. The van der Waals surface area contributed by atoms with Crippen molar-refractivity contribution in [2.45, 2.75) is 13.8 Å². The summed E-state index contributed by atoms with van der Waals surface area (Å²) in [6, 6.07) is 19.8. The van der Waals surface area contributed by atoms with Crippen LogP contribution < -0.4 is 9.64 Å². The summed E-state index contributed by atoms with van der Waals surface area (Å²) in [4.78, 5) is 14.3. The molecule has 0 aliphatic rings. The highest BCUT2D eigenvalue weighted by atomic mass is 19.2. The number of rotatable bonds is 9. The highest BCUT2D eigenvalue weighted by Crippen LogP contribution is 2.27. The van der Waals surface area contributed by atoms with Crippen molar-refractivity contribution in [3.63, 3.8) is 0 Å². The molecule has 4 aromatic carbocycles. The molecule has 0 spiro atoms. The highest BCUT2D eigenvalue weighted by molar-refractivity contribution is 5.91. The fourth-order valence-corrected chi connectivity index (χ4v) is 3.66. The van der Waals surface area contributed by atoms with Crippen molar-refractivity contribution in [3.8, 4) is 5.75 Å². The number of esters is 1. The van der Waals surface area contributed by atoms with Gasteiger partial charge in [0.05, 0.1) is 22.7 Å². The summed E-state index contributed by atoms with van der Waals surface area (Å²) in [6.45, 7) is 6.02. The number of halogens is 5. The van der Waals surface area contributed by atoms with E-state index < -0.39 is 40.6 Å². The molecule has 0 saturated carbocycles. The van der Waals surface area contributed by atoms with Gasteiger partial charge in [0, 0.05) is 18.8 Å². The molecule has 0 bridgehead atoms. The third-order valence-electron chi connectivity index (χ3n) is 5.85. The van der Waals surface area contributed by atoms with E-state index in [2.05, 4.69) is 39.2 Å². The van der Waals surface area contributed by atoms with E-state index in [1.807, 2.05) is 24.3 Å². The minimum Gasteiger partial charge on any atom is -0.423 e. The Hall–Kier alpha value is -5.00. The molecule has 4 rings (SSSR count). The second kappa shape index (κ2) is 12.9. The van der Waals surface area contributed by atoms with Crippen molar-refractivity contribution in [1.29, 1.82) is 0 Å². The predicted molar refractivity (Wildman–Crippen MR) is 142 cm³/mol. The van der Waals surface area contributed by atoms with Crippen LogP contribution in [0.3, 0.4) is 0 Å². The SMILES string of the molecule is CCN(CC)c1ccc(N=Nc2ccc(N=Nc3ccc(OC(=O)c4c(F)c(F)c(F)c(F)c4F)cc3)cc2)cc1. The van der Waals surface area contributed by atoms with Crippen molar-refractivity contribution in [3.05, 3.63) is 107 Å². The summed E-state index contributed by atoms with van der Waals surface area (Å²) in [7, 11) is 0. The number of azo groups is 2. The zero-order valence-corrected chi connectivity index (χ0v) is 21.8. The Kier molecular flexibility index (Phi) is 9.12. The molecule has 7 nitrogen and oxygen atoms in total. The molecule has 12 heteroatoms. The Morgan fingerprint density at radius 1 is 0.585 bits per heavy atom. The molecule has 0 heterocycles. The summed E-state index contributed by atoms with van der Waals surface area (Å²) in [5.41, 5.74) is 1.58. The largest absolute Gasteiger partial charge is 0.423 e. The molecule has 0 amide bonds. The van der Waals surface area contributed by atoms with Crippen LogP contribution in [-0.4, -0.2) is 19.1 Å². The van der Waals surface area contributed by atoms with E-state index in [0.717, 1.165) is 18.8 Å². The zero-order valence-electron chi connectivity index (χ0n) is 21.8. The summed E-state index contributed by atoms with van der Waals surface area (Å²) < 4.78 is 72.3. The van der Waals surface area contributed by atoms with Crippen LogP contribution in [0.4, 0.5) is 50.4 Å². The van der Waals surface area contributed by atoms with Crippen LogP contribution in [0.5, 0.6) is 5.75 Å². The number of carbonyl (C=O) groups is 1. The lowest BCUT2D eigenvalue weighted by molar-refractivity contribution is 0.0721. The average molecular weight is 568 g/mol. The van der Waals surface area contributed by atoms with Gasteiger partial charge < -0.3 is 9.64 Å². The number of carbonyl (C=O) groups excluding carboxylic acids is 1. The molecule has 0 fully saturated rings. The molecule has 41 heavy (non-hydrogen) atoms. The van der Waals surface area contributed by atoms with Gasteiger partial charge in [0.15, 0.2) is 23.3 Å². The lowest BCUT2D eigenvalue weighted by Crippen LogP contribution is -2.21. The van der Waals surface area contributed by atoms with Gasteiger partial charge in [-0.05, 0) is 86.6 Å².